The Morgan fingerprint density at radius 2 is 2.11 bits per heavy atom. The van der Waals surface area contributed by atoms with Crippen LogP contribution in [0.25, 0.3) is 0 Å². The van der Waals surface area contributed by atoms with Crippen molar-refractivity contribution in [1.82, 2.24) is 5.32 Å². The molecule has 1 aromatic rings. The summed E-state index contributed by atoms with van der Waals surface area (Å²) in [5.74, 6) is -0.148. The van der Waals surface area contributed by atoms with Crippen LogP contribution in [0.1, 0.15) is 13.8 Å². The maximum absolute atomic E-state index is 11.6. The second kappa shape index (κ2) is 5.88. The van der Waals surface area contributed by atoms with E-state index in [9.17, 15) is 14.9 Å². The molecular weight excluding hydrogens is 270 g/mol. The number of amides is 1. The number of rotatable bonds is 5. The third kappa shape index (κ3) is 3.82. The van der Waals surface area contributed by atoms with Crippen LogP contribution >= 0.6 is 11.6 Å². The molecule has 0 aliphatic heterocycles. The highest BCUT2D eigenvalue weighted by atomic mass is 35.5. The standard InChI is InChI=1S/C12H16ClN3O3/c1-12(2,11(17)14-3)7-15-9-6-8(13)4-5-10(9)16(18)19/h4-6,15H,7H2,1-3H3,(H,14,17). The Bertz CT molecular complexity index is 503. The Hall–Kier alpha value is -1.82. The zero-order chi connectivity index (χ0) is 14.6. The lowest BCUT2D eigenvalue weighted by Crippen LogP contribution is -2.39. The Labute approximate surface area is 116 Å². The quantitative estimate of drug-likeness (QED) is 0.643. The minimum atomic E-state index is -0.690. The molecule has 104 valence electrons. The molecule has 19 heavy (non-hydrogen) atoms. The first-order valence-electron chi connectivity index (χ1n) is 5.68. The second-order valence-electron chi connectivity index (χ2n) is 4.74. The summed E-state index contributed by atoms with van der Waals surface area (Å²) in [7, 11) is 1.55. The predicted octanol–water partition coefficient (Wildman–Crippen LogP) is 2.43. The predicted molar refractivity (Wildman–Crippen MR) is 74.4 cm³/mol. The summed E-state index contributed by atoms with van der Waals surface area (Å²) in [5.41, 5.74) is -0.461. The van der Waals surface area contributed by atoms with Crippen LogP contribution in [-0.2, 0) is 4.79 Å². The van der Waals surface area contributed by atoms with Crippen LogP contribution in [0.4, 0.5) is 11.4 Å². The smallest absolute Gasteiger partial charge is 0.292 e. The maximum atomic E-state index is 11.6. The Morgan fingerprint density at radius 3 is 2.63 bits per heavy atom. The number of hydrogen-bond acceptors (Lipinski definition) is 4. The van der Waals surface area contributed by atoms with Crippen molar-refractivity contribution >= 4 is 28.9 Å². The largest absolute Gasteiger partial charge is 0.378 e. The topological polar surface area (TPSA) is 84.3 Å². The SMILES string of the molecule is CNC(=O)C(C)(C)CNc1cc(Cl)ccc1[N+](=O)[O-]. The molecular formula is C12H16ClN3O3. The first-order valence-corrected chi connectivity index (χ1v) is 6.05. The van der Waals surface area contributed by atoms with Crippen LogP contribution < -0.4 is 10.6 Å². The van der Waals surface area contributed by atoms with Crippen LogP contribution in [0.5, 0.6) is 0 Å². The number of nitro benzene ring substituents is 1. The van der Waals surface area contributed by atoms with E-state index in [1.807, 2.05) is 0 Å². The molecule has 0 saturated heterocycles. The van der Waals surface area contributed by atoms with Gasteiger partial charge in [-0.3, -0.25) is 14.9 Å². The molecule has 0 bridgehead atoms. The number of nitrogens with one attached hydrogen (secondary N) is 2. The summed E-state index contributed by atoms with van der Waals surface area (Å²) in [6, 6.07) is 4.26. The first kappa shape index (κ1) is 15.2. The van der Waals surface area contributed by atoms with Crippen LogP contribution in [-0.4, -0.2) is 24.4 Å². The first-order chi connectivity index (χ1) is 8.77. The Kier molecular flexibility index (Phi) is 4.72. The van der Waals surface area contributed by atoms with Crippen LogP contribution in [0.3, 0.4) is 0 Å². The molecule has 0 atom stereocenters. The van der Waals surface area contributed by atoms with Gasteiger partial charge in [-0.05, 0) is 26.0 Å². The van der Waals surface area contributed by atoms with Gasteiger partial charge in [0, 0.05) is 24.7 Å². The van der Waals surface area contributed by atoms with Crippen molar-refractivity contribution in [2.75, 3.05) is 18.9 Å². The van der Waals surface area contributed by atoms with Crippen molar-refractivity contribution < 1.29 is 9.72 Å². The molecule has 0 aliphatic carbocycles. The summed E-state index contributed by atoms with van der Waals surface area (Å²) in [6.45, 7) is 3.75. The van der Waals surface area contributed by atoms with E-state index < -0.39 is 10.3 Å². The second-order valence-corrected chi connectivity index (χ2v) is 5.17. The van der Waals surface area contributed by atoms with Crippen LogP contribution in [0.2, 0.25) is 5.02 Å². The number of nitro groups is 1. The molecule has 1 rings (SSSR count). The average Bonchev–Trinajstić information content (AvgIpc) is 2.35. The lowest BCUT2D eigenvalue weighted by Gasteiger charge is -2.23. The van der Waals surface area contributed by atoms with Gasteiger partial charge < -0.3 is 10.6 Å². The molecule has 1 amide bonds. The molecule has 1 aromatic carbocycles. The highest BCUT2D eigenvalue weighted by Crippen LogP contribution is 2.28. The number of benzene rings is 1. The number of carbonyl (C=O) groups excluding carboxylic acids is 1. The highest BCUT2D eigenvalue weighted by Gasteiger charge is 2.27. The molecule has 0 aromatic heterocycles. The monoisotopic (exact) mass is 285 g/mol. The van der Waals surface area contributed by atoms with Gasteiger partial charge >= 0.3 is 0 Å². The van der Waals surface area contributed by atoms with E-state index in [2.05, 4.69) is 10.6 Å². The highest BCUT2D eigenvalue weighted by molar-refractivity contribution is 6.31. The Balaban J connectivity index is 2.91. The van der Waals surface area contributed by atoms with Crippen molar-refractivity contribution in [2.45, 2.75) is 13.8 Å². The fraction of sp³-hybridized carbons (Fsp3) is 0.417. The van der Waals surface area contributed by atoms with Crippen molar-refractivity contribution in [3.05, 3.63) is 33.3 Å². The summed E-state index contributed by atoms with van der Waals surface area (Å²) < 4.78 is 0. The van der Waals surface area contributed by atoms with Gasteiger partial charge in [0.15, 0.2) is 0 Å². The van der Waals surface area contributed by atoms with Crippen molar-refractivity contribution in [1.29, 1.82) is 0 Å². The van der Waals surface area contributed by atoms with Gasteiger partial charge in [0.2, 0.25) is 5.91 Å². The summed E-state index contributed by atoms with van der Waals surface area (Å²) in [6.07, 6.45) is 0. The fourth-order valence-corrected chi connectivity index (χ4v) is 1.72. The Morgan fingerprint density at radius 1 is 1.47 bits per heavy atom. The fourth-order valence-electron chi connectivity index (χ4n) is 1.54. The van der Waals surface area contributed by atoms with Crippen molar-refractivity contribution in [3.63, 3.8) is 0 Å². The van der Waals surface area contributed by atoms with Gasteiger partial charge in [-0.15, -0.1) is 0 Å². The van der Waals surface area contributed by atoms with E-state index in [0.717, 1.165) is 0 Å². The molecule has 0 radical (unpaired) electrons. The van der Waals surface area contributed by atoms with E-state index in [-0.39, 0.29) is 18.1 Å². The normalized spacial score (nSPS) is 10.9. The van der Waals surface area contributed by atoms with E-state index in [1.54, 1.807) is 20.9 Å². The van der Waals surface area contributed by atoms with E-state index in [4.69, 9.17) is 11.6 Å². The molecule has 0 heterocycles. The van der Waals surface area contributed by atoms with E-state index in [0.29, 0.717) is 10.7 Å². The third-order valence-electron chi connectivity index (χ3n) is 2.72. The number of anilines is 1. The van der Waals surface area contributed by atoms with Crippen molar-refractivity contribution in [2.24, 2.45) is 5.41 Å². The van der Waals surface area contributed by atoms with Crippen LogP contribution in [0, 0.1) is 15.5 Å². The summed E-state index contributed by atoms with van der Waals surface area (Å²) >= 11 is 5.82. The van der Waals surface area contributed by atoms with E-state index in [1.165, 1.54) is 18.2 Å². The van der Waals surface area contributed by atoms with Crippen LogP contribution in [0.15, 0.2) is 18.2 Å². The average molecular weight is 286 g/mol. The maximum Gasteiger partial charge on any atom is 0.292 e. The molecule has 0 unspecified atom stereocenters. The number of carbonyl (C=O) groups is 1. The number of nitrogens with zero attached hydrogens (tertiary/aromatic N) is 1. The van der Waals surface area contributed by atoms with Gasteiger partial charge in [0.1, 0.15) is 5.69 Å². The molecule has 0 saturated carbocycles. The molecule has 0 aliphatic rings. The molecule has 7 heteroatoms. The minimum absolute atomic E-state index is 0.0721. The zero-order valence-corrected chi connectivity index (χ0v) is 11.7. The minimum Gasteiger partial charge on any atom is -0.378 e. The van der Waals surface area contributed by atoms with Crippen molar-refractivity contribution in [3.8, 4) is 0 Å². The third-order valence-corrected chi connectivity index (χ3v) is 2.95. The van der Waals surface area contributed by atoms with Gasteiger partial charge in [-0.25, -0.2) is 0 Å². The lowest BCUT2D eigenvalue weighted by atomic mass is 9.92. The summed E-state index contributed by atoms with van der Waals surface area (Å²) in [5, 5.41) is 16.7. The van der Waals surface area contributed by atoms with Gasteiger partial charge in [0.25, 0.3) is 5.69 Å². The number of halogens is 1. The molecule has 2 N–H and O–H groups in total. The molecule has 0 spiro atoms. The molecule has 6 nitrogen and oxygen atoms in total. The van der Waals surface area contributed by atoms with E-state index >= 15 is 0 Å². The summed E-state index contributed by atoms with van der Waals surface area (Å²) in [4.78, 5) is 22.0. The number of hydrogen-bond donors (Lipinski definition) is 2. The lowest BCUT2D eigenvalue weighted by molar-refractivity contribution is -0.384. The van der Waals surface area contributed by atoms with Gasteiger partial charge in [-0.2, -0.15) is 0 Å². The van der Waals surface area contributed by atoms with Gasteiger partial charge in [-0.1, -0.05) is 11.6 Å². The molecule has 0 fully saturated rings. The van der Waals surface area contributed by atoms with Gasteiger partial charge in [0.05, 0.1) is 10.3 Å². The zero-order valence-electron chi connectivity index (χ0n) is 11.0.